The first kappa shape index (κ1) is 18.2. The van der Waals surface area contributed by atoms with Crippen LogP contribution in [0.5, 0.6) is 0 Å². The van der Waals surface area contributed by atoms with E-state index in [9.17, 15) is 14.4 Å². The molecule has 2 aromatic rings. The number of carbonyl (C=O) groups excluding carboxylic acids is 3. The summed E-state index contributed by atoms with van der Waals surface area (Å²) in [6.45, 7) is 1.65. The van der Waals surface area contributed by atoms with Gasteiger partial charge in [0.25, 0.3) is 11.8 Å². The third-order valence-electron chi connectivity index (χ3n) is 3.53. The Kier molecular flexibility index (Phi) is 6.71. The molecule has 0 unspecified atom stereocenters. The Morgan fingerprint density at radius 2 is 1.60 bits per heavy atom. The molecule has 2 rings (SSSR count). The van der Waals surface area contributed by atoms with Crippen LogP contribution in [0.15, 0.2) is 54.6 Å². The van der Waals surface area contributed by atoms with E-state index >= 15 is 0 Å². The van der Waals surface area contributed by atoms with Crippen molar-refractivity contribution < 1.29 is 19.1 Å². The highest BCUT2D eigenvalue weighted by molar-refractivity contribution is 5.96. The number of amides is 2. The van der Waals surface area contributed by atoms with E-state index in [1.807, 2.05) is 31.2 Å². The quantitative estimate of drug-likeness (QED) is 0.750. The Balaban J connectivity index is 1.66. The van der Waals surface area contributed by atoms with Gasteiger partial charge in [0.1, 0.15) is 6.54 Å². The average Bonchev–Trinajstić information content (AvgIpc) is 2.64. The minimum absolute atomic E-state index is 0.293. The predicted octanol–water partition coefficient (Wildman–Crippen LogP) is 1.58. The van der Waals surface area contributed by atoms with Gasteiger partial charge >= 0.3 is 5.97 Å². The van der Waals surface area contributed by atoms with E-state index in [0.29, 0.717) is 12.1 Å². The van der Waals surface area contributed by atoms with Crippen molar-refractivity contribution in [2.45, 2.75) is 13.5 Å². The van der Waals surface area contributed by atoms with Crippen molar-refractivity contribution >= 4 is 17.8 Å². The van der Waals surface area contributed by atoms with Gasteiger partial charge in [-0.2, -0.15) is 0 Å². The predicted molar refractivity (Wildman–Crippen MR) is 92.8 cm³/mol. The molecule has 0 atom stereocenters. The molecular weight excluding hydrogens is 320 g/mol. The van der Waals surface area contributed by atoms with Crippen LogP contribution in [0.4, 0.5) is 0 Å². The minimum atomic E-state index is -0.671. The van der Waals surface area contributed by atoms with E-state index in [0.717, 1.165) is 11.1 Å². The fourth-order valence-electron chi connectivity index (χ4n) is 2.09. The molecular formula is C19H20N2O4. The zero-order valence-electron chi connectivity index (χ0n) is 14.0. The number of rotatable bonds is 7. The van der Waals surface area contributed by atoms with Crippen molar-refractivity contribution in [3.63, 3.8) is 0 Å². The standard InChI is InChI=1S/C19H20N2O4/c1-14-7-5-6-10-16(14)11-20-17(22)13-25-18(23)12-21-19(24)15-8-3-2-4-9-15/h2-10H,11-13H2,1H3,(H,20,22)(H,21,24). The summed E-state index contributed by atoms with van der Waals surface area (Å²) in [4.78, 5) is 35.1. The lowest BCUT2D eigenvalue weighted by molar-refractivity contribution is -0.147. The second kappa shape index (κ2) is 9.22. The smallest absolute Gasteiger partial charge is 0.325 e. The van der Waals surface area contributed by atoms with Crippen LogP contribution in [0.1, 0.15) is 21.5 Å². The molecule has 130 valence electrons. The third-order valence-corrected chi connectivity index (χ3v) is 3.53. The summed E-state index contributed by atoms with van der Waals surface area (Å²) < 4.78 is 4.84. The molecule has 0 radical (unpaired) electrons. The summed E-state index contributed by atoms with van der Waals surface area (Å²) in [5, 5.41) is 5.12. The number of aryl methyl sites for hydroxylation is 1. The lowest BCUT2D eigenvalue weighted by atomic mass is 10.1. The third kappa shape index (κ3) is 6.10. The molecule has 0 bridgehead atoms. The first-order valence-corrected chi connectivity index (χ1v) is 7.86. The van der Waals surface area contributed by atoms with Crippen molar-refractivity contribution in [3.05, 3.63) is 71.3 Å². The van der Waals surface area contributed by atoms with Crippen molar-refractivity contribution in [2.24, 2.45) is 0 Å². The number of esters is 1. The normalized spacial score (nSPS) is 9.96. The topological polar surface area (TPSA) is 84.5 Å². The molecule has 25 heavy (non-hydrogen) atoms. The molecule has 0 aliphatic rings. The molecule has 0 saturated heterocycles. The molecule has 0 saturated carbocycles. The molecule has 0 fully saturated rings. The van der Waals surface area contributed by atoms with E-state index in [1.54, 1.807) is 30.3 Å². The monoisotopic (exact) mass is 340 g/mol. The highest BCUT2D eigenvalue weighted by atomic mass is 16.5. The molecule has 0 heterocycles. The van der Waals surface area contributed by atoms with Gasteiger partial charge in [0.15, 0.2) is 6.61 Å². The average molecular weight is 340 g/mol. The molecule has 2 aromatic carbocycles. The lowest BCUT2D eigenvalue weighted by Crippen LogP contribution is -2.33. The molecule has 0 spiro atoms. The summed E-state index contributed by atoms with van der Waals surface area (Å²) in [6.07, 6.45) is 0. The molecule has 6 nitrogen and oxygen atoms in total. The number of nitrogens with one attached hydrogen (secondary N) is 2. The Labute approximate surface area is 146 Å². The van der Waals surface area contributed by atoms with E-state index in [2.05, 4.69) is 10.6 Å². The van der Waals surface area contributed by atoms with Gasteiger partial charge in [-0.15, -0.1) is 0 Å². The maximum atomic E-state index is 11.8. The van der Waals surface area contributed by atoms with Crippen LogP contribution in [0.2, 0.25) is 0 Å². The molecule has 0 aliphatic heterocycles. The van der Waals surface area contributed by atoms with Gasteiger partial charge in [0, 0.05) is 12.1 Å². The molecule has 2 N–H and O–H groups in total. The molecule has 0 aromatic heterocycles. The van der Waals surface area contributed by atoms with Gasteiger partial charge in [-0.3, -0.25) is 14.4 Å². The van der Waals surface area contributed by atoms with Gasteiger partial charge in [0.2, 0.25) is 0 Å². The molecule has 6 heteroatoms. The summed E-state index contributed by atoms with van der Waals surface area (Å²) in [6, 6.07) is 16.2. The number of hydrogen-bond acceptors (Lipinski definition) is 4. The zero-order chi connectivity index (χ0) is 18.1. The fraction of sp³-hybridized carbons (Fsp3) is 0.211. The Morgan fingerprint density at radius 1 is 0.920 bits per heavy atom. The number of benzene rings is 2. The highest BCUT2D eigenvalue weighted by Gasteiger charge is 2.10. The first-order valence-electron chi connectivity index (χ1n) is 7.86. The van der Waals surface area contributed by atoms with Crippen LogP contribution in [0.3, 0.4) is 0 Å². The molecule has 2 amide bonds. The Morgan fingerprint density at radius 3 is 2.32 bits per heavy atom. The second-order valence-electron chi connectivity index (χ2n) is 5.41. The summed E-state index contributed by atoms with van der Waals surface area (Å²) in [5.41, 5.74) is 2.52. The van der Waals surface area contributed by atoms with Crippen LogP contribution in [0, 0.1) is 6.92 Å². The number of carbonyl (C=O) groups is 3. The minimum Gasteiger partial charge on any atom is -0.454 e. The van der Waals surface area contributed by atoms with E-state index in [4.69, 9.17) is 4.74 Å². The van der Waals surface area contributed by atoms with Crippen LogP contribution >= 0.6 is 0 Å². The van der Waals surface area contributed by atoms with Crippen molar-refractivity contribution in [2.75, 3.05) is 13.2 Å². The lowest BCUT2D eigenvalue weighted by Gasteiger charge is -2.09. The highest BCUT2D eigenvalue weighted by Crippen LogP contribution is 2.05. The van der Waals surface area contributed by atoms with Gasteiger partial charge < -0.3 is 15.4 Å². The van der Waals surface area contributed by atoms with Gasteiger partial charge in [-0.1, -0.05) is 42.5 Å². The van der Waals surface area contributed by atoms with Crippen molar-refractivity contribution in [1.82, 2.24) is 10.6 Å². The van der Waals surface area contributed by atoms with Crippen molar-refractivity contribution in [1.29, 1.82) is 0 Å². The van der Waals surface area contributed by atoms with E-state index in [-0.39, 0.29) is 19.1 Å². The molecule has 0 aliphatic carbocycles. The van der Waals surface area contributed by atoms with Crippen LogP contribution in [0.25, 0.3) is 0 Å². The summed E-state index contributed by atoms with van der Waals surface area (Å²) in [5.74, 6) is -1.44. The maximum Gasteiger partial charge on any atom is 0.325 e. The number of ether oxygens (including phenoxy) is 1. The largest absolute Gasteiger partial charge is 0.454 e. The summed E-state index contributed by atoms with van der Waals surface area (Å²) >= 11 is 0. The Bertz CT molecular complexity index is 744. The first-order chi connectivity index (χ1) is 12.1. The van der Waals surface area contributed by atoms with E-state index in [1.165, 1.54) is 0 Å². The fourth-order valence-corrected chi connectivity index (χ4v) is 2.09. The number of hydrogen-bond donors (Lipinski definition) is 2. The SMILES string of the molecule is Cc1ccccc1CNC(=O)COC(=O)CNC(=O)c1ccccc1. The van der Waals surface area contributed by atoms with Crippen molar-refractivity contribution in [3.8, 4) is 0 Å². The summed E-state index contributed by atoms with van der Waals surface area (Å²) in [7, 11) is 0. The van der Waals surface area contributed by atoms with Crippen LogP contribution < -0.4 is 10.6 Å². The Hall–Kier alpha value is -3.15. The second-order valence-corrected chi connectivity index (χ2v) is 5.41. The van der Waals surface area contributed by atoms with Gasteiger partial charge in [-0.25, -0.2) is 0 Å². The maximum absolute atomic E-state index is 11.8. The zero-order valence-corrected chi connectivity index (χ0v) is 14.0. The van der Waals surface area contributed by atoms with Gasteiger partial charge in [0.05, 0.1) is 0 Å². The van der Waals surface area contributed by atoms with E-state index < -0.39 is 11.9 Å². The van der Waals surface area contributed by atoms with Crippen LogP contribution in [-0.4, -0.2) is 30.9 Å². The van der Waals surface area contributed by atoms with Crippen LogP contribution in [-0.2, 0) is 20.9 Å². The van der Waals surface area contributed by atoms with Gasteiger partial charge in [-0.05, 0) is 30.2 Å².